The quantitative estimate of drug-likeness (QED) is 0.537. The van der Waals surface area contributed by atoms with E-state index in [1.807, 2.05) is 0 Å². The van der Waals surface area contributed by atoms with Crippen LogP contribution in [-0.2, 0) is 0 Å². The Labute approximate surface area is 110 Å². The van der Waals surface area contributed by atoms with E-state index in [0.717, 1.165) is 41.9 Å². The maximum Gasteiger partial charge on any atom is 0.0621 e. The number of nitriles is 1. The van der Waals surface area contributed by atoms with E-state index in [1.54, 1.807) is 0 Å². The molecule has 1 heteroatoms. The average Bonchev–Trinajstić information content (AvgIpc) is 3.12. The molecule has 4 aliphatic carbocycles. The van der Waals surface area contributed by atoms with Gasteiger partial charge in [-0.05, 0) is 66.6 Å². The zero-order valence-corrected chi connectivity index (χ0v) is 11.3. The van der Waals surface area contributed by atoms with Gasteiger partial charge in [-0.1, -0.05) is 25.5 Å². The van der Waals surface area contributed by atoms with Gasteiger partial charge in [-0.3, -0.25) is 0 Å². The van der Waals surface area contributed by atoms with Gasteiger partial charge in [0.2, 0.25) is 0 Å². The van der Waals surface area contributed by atoms with E-state index in [9.17, 15) is 0 Å². The molecule has 3 saturated carbocycles. The van der Waals surface area contributed by atoms with E-state index in [2.05, 4.69) is 25.1 Å². The zero-order valence-electron chi connectivity index (χ0n) is 11.3. The molecule has 0 N–H and O–H groups in total. The molecular formula is C17H23N. The van der Waals surface area contributed by atoms with E-state index in [4.69, 9.17) is 5.26 Å². The van der Waals surface area contributed by atoms with Crippen molar-refractivity contribution in [1.29, 1.82) is 5.26 Å². The molecule has 4 bridgehead atoms. The van der Waals surface area contributed by atoms with Crippen LogP contribution in [0.25, 0.3) is 0 Å². The van der Waals surface area contributed by atoms with Gasteiger partial charge in [0.15, 0.2) is 0 Å². The fourth-order valence-corrected chi connectivity index (χ4v) is 6.50. The molecule has 3 fully saturated rings. The Morgan fingerprint density at radius 2 is 2.00 bits per heavy atom. The highest BCUT2D eigenvalue weighted by Crippen LogP contribution is 2.71. The highest BCUT2D eigenvalue weighted by Gasteiger charge is 2.64. The van der Waals surface area contributed by atoms with Gasteiger partial charge in [-0.15, -0.1) is 0 Å². The second kappa shape index (κ2) is 3.62. The third-order valence-electron chi connectivity index (χ3n) is 7.04. The molecule has 0 aromatic heterocycles. The molecule has 0 radical (unpaired) electrons. The summed E-state index contributed by atoms with van der Waals surface area (Å²) in [6.07, 6.45) is 12.7. The van der Waals surface area contributed by atoms with Crippen LogP contribution in [0.4, 0.5) is 0 Å². The lowest BCUT2D eigenvalue weighted by Crippen LogP contribution is -2.38. The first kappa shape index (κ1) is 11.1. The van der Waals surface area contributed by atoms with Crippen molar-refractivity contribution in [2.24, 2.45) is 40.9 Å². The SMILES string of the molecule is CCC1(CCC#N)CC2CC1C1C3C=CC(C3)C21. The van der Waals surface area contributed by atoms with Crippen LogP contribution in [0, 0.1) is 52.3 Å². The molecule has 18 heavy (non-hydrogen) atoms. The van der Waals surface area contributed by atoms with E-state index in [-0.39, 0.29) is 0 Å². The number of hydrogen-bond donors (Lipinski definition) is 0. The van der Waals surface area contributed by atoms with Gasteiger partial charge in [0.25, 0.3) is 0 Å². The Hall–Kier alpha value is -0.770. The summed E-state index contributed by atoms with van der Waals surface area (Å²) in [5, 5.41) is 8.94. The molecule has 4 aliphatic rings. The van der Waals surface area contributed by atoms with Gasteiger partial charge in [0, 0.05) is 6.42 Å². The predicted molar refractivity (Wildman–Crippen MR) is 71.5 cm³/mol. The van der Waals surface area contributed by atoms with E-state index < -0.39 is 0 Å². The van der Waals surface area contributed by atoms with Crippen LogP contribution in [0.3, 0.4) is 0 Å². The summed E-state index contributed by atoms with van der Waals surface area (Å²) in [5.41, 5.74) is 0.542. The second-order valence-electron chi connectivity index (χ2n) is 7.28. The van der Waals surface area contributed by atoms with Crippen molar-refractivity contribution < 1.29 is 0 Å². The Balaban J connectivity index is 1.64. The van der Waals surface area contributed by atoms with Crippen LogP contribution in [-0.4, -0.2) is 0 Å². The van der Waals surface area contributed by atoms with E-state index >= 15 is 0 Å². The van der Waals surface area contributed by atoms with Crippen molar-refractivity contribution in [2.45, 2.75) is 45.4 Å². The molecule has 7 atom stereocenters. The van der Waals surface area contributed by atoms with Crippen molar-refractivity contribution in [1.82, 2.24) is 0 Å². The van der Waals surface area contributed by atoms with Crippen LogP contribution in [0.5, 0.6) is 0 Å². The molecule has 0 saturated heterocycles. The smallest absolute Gasteiger partial charge is 0.0621 e. The molecule has 0 spiro atoms. The van der Waals surface area contributed by atoms with Crippen molar-refractivity contribution in [3.05, 3.63) is 12.2 Å². The van der Waals surface area contributed by atoms with Crippen molar-refractivity contribution >= 4 is 0 Å². The summed E-state index contributed by atoms with van der Waals surface area (Å²) < 4.78 is 0. The van der Waals surface area contributed by atoms with Gasteiger partial charge in [0.1, 0.15) is 0 Å². The van der Waals surface area contributed by atoms with Gasteiger partial charge in [-0.25, -0.2) is 0 Å². The van der Waals surface area contributed by atoms with Crippen LogP contribution in [0.15, 0.2) is 12.2 Å². The summed E-state index contributed by atoms with van der Waals surface area (Å²) in [7, 11) is 0. The molecule has 4 rings (SSSR count). The third-order valence-corrected chi connectivity index (χ3v) is 7.04. The topological polar surface area (TPSA) is 23.8 Å². The number of fused-ring (bicyclic) bond motifs is 9. The van der Waals surface area contributed by atoms with Gasteiger partial charge in [0.05, 0.1) is 6.07 Å². The van der Waals surface area contributed by atoms with Crippen LogP contribution < -0.4 is 0 Å². The van der Waals surface area contributed by atoms with Gasteiger partial charge < -0.3 is 0 Å². The van der Waals surface area contributed by atoms with Crippen LogP contribution in [0.2, 0.25) is 0 Å². The first-order valence-electron chi connectivity index (χ1n) is 7.84. The molecule has 0 amide bonds. The molecule has 96 valence electrons. The molecule has 0 heterocycles. The summed E-state index contributed by atoms with van der Waals surface area (Å²) in [6, 6.07) is 2.39. The minimum atomic E-state index is 0.542. The van der Waals surface area contributed by atoms with Crippen LogP contribution in [0.1, 0.15) is 45.4 Å². The number of nitrogens with zero attached hydrogens (tertiary/aromatic N) is 1. The van der Waals surface area contributed by atoms with Crippen LogP contribution >= 0.6 is 0 Å². The molecule has 0 aliphatic heterocycles. The maximum atomic E-state index is 8.94. The largest absolute Gasteiger partial charge is 0.198 e. The average molecular weight is 241 g/mol. The lowest BCUT2D eigenvalue weighted by atomic mass is 9.59. The fraction of sp³-hybridized carbons (Fsp3) is 0.824. The van der Waals surface area contributed by atoms with Crippen molar-refractivity contribution in [3.8, 4) is 6.07 Å². The lowest BCUT2D eigenvalue weighted by Gasteiger charge is -2.45. The first-order chi connectivity index (χ1) is 8.79. The Morgan fingerprint density at radius 1 is 1.22 bits per heavy atom. The Bertz CT molecular complexity index is 431. The third kappa shape index (κ3) is 1.18. The molecule has 0 aromatic carbocycles. The Kier molecular flexibility index (Phi) is 2.23. The standard InChI is InChI=1S/C17H23N/c1-2-17(6-3-7-18)10-13-9-14(17)16-12-5-4-11(8-12)15(13)16/h4-5,11-16H,2-3,6,8-10H2,1H3. The van der Waals surface area contributed by atoms with Crippen molar-refractivity contribution in [3.63, 3.8) is 0 Å². The molecule has 1 nitrogen and oxygen atoms in total. The highest BCUT2D eigenvalue weighted by molar-refractivity contribution is 5.22. The normalized spacial score (nSPS) is 54.9. The fourth-order valence-electron chi connectivity index (χ4n) is 6.50. The molecule has 0 aromatic rings. The maximum absolute atomic E-state index is 8.94. The number of rotatable bonds is 3. The van der Waals surface area contributed by atoms with E-state index in [1.165, 1.54) is 32.1 Å². The summed E-state index contributed by atoms with van der Waals surface area (Å²) >= 11 is 0. The number of allylic oxidation sites excluding steroid dienone is 2. The van der Waals surface area contributed by atoms with E-state index in [0.29, 0.717) is 5.41 Å². The summed E-state index contributed by atoms with van der Waals surface area (Å²) in [4.78, 5) is 0. The van der Waals surface area contributed by atoms with Crippen molar-refractivity contribution in [2.75, 3.05) is 0 Å². The zero-order chi connectivity index (χ0) is 12.3. The lowest BCUT2D eigenvalue weighted by molar-refractivity contribution is 0.0490. The highest BCUT2D eigenvalue weighted by atomic mass is 14.7. The summed E-state index contributed by atoms with van der Waals surface area (Å²) in [6.45, 7) is 2.37. The minimum Gasteiger partial charge on any atom is -0.198 e. The second-order valence-corrected chi connectivity index (χ2v) is 7.28. The Morgan fingerprint density at radius 3 is 2.72 bits per heavy atom. The molecule has 7 unspecified atom stereocenters. The number of hydrogen-bond acceptors (Lipinski definition) is 1. The van der Waals surface area contributed by atoms with Gasteiger partial charge in [-0.2, -0.15) is 5.26 Å². The van der Waals surface area contributed by atoms with Gasteiger partial charge >= 0.3 is 0 Å². The predicted octanol–water partition coefficient (Wildman–Crippen LogP) is 4.16. The first-order valence-corrected chi connectivity index (χ1v) is 7.84. The molecular weight excluding hydrogens is 218 g/mol. The monoisotopic (exact) mass is 241 g/mol. The summed E-state index contributed by atoms with van der Waals surface area (Å²) in [5.74, 6) is 5.82. The minimum absolute atomic E-state index is 0.542.